The molecule has 3 aliphatic rings. The highest BCUT2D eigenvalue weighted by Gasteiger charge is 2.56. The SMILES string of the molecule is CN(C(=O)C1(NC(=O)OCC2c3ccccc3-c3ccccc32)CC1)C1(CC(=O)O)CCCCC1. The number of nitrogens with zero attached hydrogens (tertiary/aromatic N) is 1. The van der Waals surface area contributed by atoms with Crippen LogP contribution in [0.25, 0.3) is 11.1 Å². The van der Waals surface area contributed by atoms with Crippen LogP contribution in [0.1, 0.15) is 68.4 Å². The summed E-state index contributed by atoms with van der Waals surface area (Å²) < 4.78 is 5.67. The molecule has 0 unspecified atom stereocenters. The lowest BCUT2D eigenvalue weighted by molar-refractivity contribution is -0.147. The summed E-state index contributed by atoms with van der Waals surface area (Å²) in [5.41, 5.74) is 2.88. The van der Waals surface area contributed by atoms with Crippen molar-refractivity contribution in [2.24, 2.45) is 0 Å². The van der Waals surface area contributed by atoms with E-state index in [0.29, 0.717) is 25.7 Å². The fourth-order valence-corrected chi connectivity index (χ4v) is 6.01. The lowest BCUT2D eigenvalue weighted by Crippen LogP contribution is -2.59. The molecule has 2 fully saturated rings. The number of aliphatic carboxylic acids is 1. The zero-order valence-corrected chi connectivity index (χ0v) is 20.1. The first-order valence-corrected chi connectivity index (χ1v) is 12.5. The molecule has 3 aliphatic carbocycles. The summed E-state index contributed by atoms with van der Waals surface area (Å²) in [5, 5.41) is 12.3. The number of benzene rings is 2. The van der Waals surface area contributed by atoms with Gasteiger partial charge in [0.1, 0.15) is 12.1 Å². The van der Waals surface area contributed by atoms with Gasteiger partial charge in [-0.25, -0.2) is 4.79 Å². The number of carboxylic acid groups (broad SMARTS) is 1. The van der Waals surface area contributed by atoms with E-state index < -0.39 is 23.1 Å². The number of alkyl carbamates (subject to hydrolysis) is 1. The van der Waals surface area contributed by atoms with Gasteiger partial charge in [-0.2, -0.15) is 0 Å². The molecule has 0 atom stereocenters. The van der Waals surface area contributed by atoms with Gasteiger partial charge in [-0.1, -0.05) is 67.8 Å². The Kier molecular flexibility index (Phi) is 6.03. The first kappa shape index (κ1) is 23.4. The van der Waals surface area contributed by atoms with Crippen molar-refractivity contribution < 1.29 is 24.2 Å². The third-order valence-electron chi connectivity index (χ3n) is 8.13. The standard InChI is InChI=1S/C28H32N2O5/c1-30(27(17-24(31)32)13-7-2-8-14-27)25(33)28(15-16-28)29-26(34)35-18-23-21-11-5-3-9-19(21)20-10-4-6-12-22(20)23/h3-6,9-12,23H,2,7-8,13-18H2,1H3,(H,29,34)(H,31,32). The van der Waals surface area contributed by atoms with Crippen LogP contribution < -0.4 is 5.32 Å². The number of likely N-dealkylation sites (N-methyl/N-ethyl adjacent to an activating group) is 1. The molecule has 184 valence electrons. The van der Waals surface area contributed by atoms with E-state index in [1.54, 1.807) is 11.9 Å². The van der Waals surface area contributed by atoms with Crippen LogP contribution in [-0.2, 0) is 14.3 Å². The Morgan fingerprint density at radius 3 is 2.06 bits per heavy atom. The quantitative estimate of drug-likeness (QED) is 0.604. The minimum atomic E-state index is -1.000. The number of rotatable bonds is 7. The molecule has 2 saturated carbocycles. The van der Waals surface area contributed by atoms with Crippen molar-refractivity contribution in [3.63, 3.8) is 0 Å². The maximum absolute atomic E-state index is 13.5. The first-order valence-electron chi connectivity index (χ1n) is 12.5. The van der Waals surface area contributed by atoms with Gasteiger partial charge >= 0.3 is 12.1 Å². The van der Waals surface area contributed by atoms with Gasteiger partial charge in [0.25, 0.3) is 0 Å². The Morgan fingerprint density at radius 1 is 0.943 bits per heavy atom. The maximum atomic E-state index is 13.5. The number of amides is 2. The molecule has 0 heterocycles. The molecule has 7 nitrogen and oxygen atoms in total. The summed E-state index contributed by atoms with van der Waals surface area (Å²) in [6, 6.07) is 16.3. The number of hydrogen-bond acceptors (Lipinski definition) is 4. The topological polar surface area (TPSA) is 95.9 Å². The van der Waals surface area contributed by atoms with Crippen molar-refractivity contribution in [1.82, 2.24) is 10.2 Å². The molecule has 5 rings (SSSR count). The van der Waals surface area contributed by atoms with Crippen LogP contribution in [-0.4, -0.2) is 52.7 Å². The Labute approximate surface area is 205 Å². The van der Waals surface area contributed by atoms with Gasteiger partial charge in [0.15, 0.2) is 0 Å². The normalized spacial score (nSPS) is 19.2. The van der Waals surface area contributed by atoms with E-state index in [-0.39, 0.29) is 24.9 Å². The Balaban J connectivity index is 1.26. The second-order valence-corrected chi connectivity index (χ2v) is 10.3. The molecule has 7 heteroatoms. The van der Waals surface area contributed by atoms with E-state index in [2.05, 4.69) is 29.6 Å². The van der Waals surface area contributed by atoms with Crippen molar-refractivity contribution in [3.05, 3.63) is 59.7 Å². The molecule has 0 spiro atoms. The van der Waals surface area contributed by atoms with E-state index in [1.165, 1.54) is 0 Å². The molecule has 0 aliphatic heterocycles. The highest BCUT2D eigenvalue weighted by Crippen LogP contribution is 2.45. The molecular formula is C28H32N2O5. The molecule has 2 N–H and O–H groups in total. The van der Waals surface area contributed by atoms with Gasteiger partial charge < -0.3 is 20.1 Å². The molecule has 35 heavy (non-hydrogen) atoms. The van der Waals surface area contributed by atoms with Crippen molar-refractivity contribution in [2.45, 2.75) is 68.4 Å². The summed E-state index contributed by atoms with van der Waals surface area (Å²) in [4.78, 5) is 39.6. The van der Waals surface area contributed by atoms with Crippen LogP contribution in [0.4, 0.5) is 4.79 Å². The monoisotopic (exact) mass is 476 g/mol. The fourth-order valence-electron chi connectivity index (χ4n) is 6.01. The van der Waals surface area contributed by atoms with Crippen LogP contribution in [0.5, 0.6) is 0 Å². The van der Waals surface area contributed by atoms with Gasteiger partial charge in [0.2, 0.25) is 5.91 Å². The summed E-state index contributed by atoms with van der Waals surface area (Å²) in [5.74, 6) is -1.17. The minimum absolute atomic E-state index is 0.0530. The van der Waals surface area contributed by atoms with Crippen LogP contribution >= 0.6 is 0 Å². The molecule has 2 aromatic carbocycles. The number of carbonyl (C=O) groups excluding carboxylic acids is 2. The summed E-state index contributed by atoms with van der Waals surface area (Å²) in [6.07, 6.45) is 4.57. The van der Waals surface area contributed by atoms with Crippen molar-refractivity contribution in [2.75, 3.05) is 13.7 Å². The maximum Gasteiger partial charge on any atom is 0.408 e. The average molecular weight is 477 g/mol. The van der Waals surface area contributed by atoms with Crippen molar-refractivity contribution in [1.29, 1.82) is 0 Å². The van der Waals surface area contributed by atoms with Crippen LogP contribution in [0.2, 0.25) is 0 Å². The lowest BCUT2D eigenvalue weighted by Gasteiger charge is -2.45. The third-order valence-corrected chi connectivity index (χ3v) is 8.13. The van der Waals surface area contributed by atoms with Crippen LogP contribution in [0.3, 0.4) is 0 Å². The average Bonchev–Trinajstić information content (AvgIpc) is 3.57. The Hall–Kier alpha value is -3.35. The van der Waals surface area contributed by atoms with E-state index in [1.807, 2.05) is 24.3 Å². The van der Waals surface area contributed by atoms with Crippen LogP contribution in [0.15, 0.2) is 48.5 Å². The summed E-state index contributed by atoms with van der Waals surface area (Å²) >= 11 is 0. The molecule has 0 saturated heterocycles. The predicted octanol–water partition coefficient (Wildman–Crippen LogP) is 4.69. The number of carboxylic acids is 1. The number of fused-ring (bicyclic) bond motifs is 3. The minimum Gasteiger partial charge on any atom is -0.481 e. The third kappa shape index (κ3) is 4.28. The van der Waals surface area contributed by atoms with E-state index in [4.69, 9.17) is 4.74 Å². The van der Waals surface area contributed by atoms with Crippen molar-refractivity contribution in [3.8, 4) is 11.1 Å². The fraction of sp³-hybridized carbons (Fsp3) is 0.464. The number of ether oxygens (including phenoxy) is 1. The lowest BCUT2D eigenvalue weighted by atomic mass is 9.77. The highest BCUT2D eigenvalue weighted by atomic mass is 16.5. The molecule has 0 bridgehead atoms. The number of carbonyl (C=O) groups is 3. The summed E-state index contributed by atoms with van der Waals surface area (Å²) in [6.45, 7) is 0.183. The highest BCUT2D eigenvalue weighted by molar-refractivity contribution is 5.93. The van der Waals surface area contributed by atoms with Crippen molar-refractivity contribution >= 4 is 18.0 Å². The second-order valence-electron chi connectivity index (χ2n) is 10.3. The molecular weight excluding hydrogens is 444 g/mol. The van der Waals surface area contributed by atoms with Gasteiger partial charge in [-0.05, 0) is 47.9 Å². The van der Waals surface area contributed by atoms with E-state index in [9.17, 15) is 19.5 Å². The molecule has 0 aromatic heterocycles. The van der Waals surface area contributed by atoms with Gasteiger partial charge in [0.05, 0.1) is 12.0 Å². The first-order chi connectivity index (χ1) is 16.9. The van der Waals surface area contributed by atoms with Gasteiger partial charge in [-0.15, -0.1) is 0 Å². The smallest absolute Gasteiger partial charge is 0.408 e. The predicted molar refractivity (Wildman–Crippen MR) is 131 cm³/mol. The molecule has 2 amide bonds. The van der Waals surface area contributed by atoms with E-state index >= 15 is 0 Å². The zero-order chi connectivity index (χ0) is 24.6. The Morgan fingerprint density at radius 2 is 1.51 bits per heavy atom. The summed E-state index contributed by atoms with van der Waals surface area (Å²) in [7, 11) is 1.69. The number of hydrogen-bond donors (Lipinski definition) is 2. The van der Waals surface area contributed by atoms with Crippen LogP contribution in [0, 0.1) is 0 Å². The second kappa shape index (κ2) is 9.02. The Bertz CT molecular complexity index is 1100. The van der Waals surface area contributed by atoms with E-state index in [0.717, 1.165) is 41.5 Å². The number of nitrogens with one attached hydrogen (secondary N) is 1. The zero-order valence-electron chi connectivity index (χ0n) is 20.1. The molecule has 0 radical (unpaired) electrons. The largest absolute Gasteiger partial charge is 0.481 e. The van der Waals surface area contributed by atoms with Gasteiger partial charge in [-0.3, -0.25) is 9.59 Å². The molecule has 2 aromatic rings. The van der Waals surface area contributed by atoms with Gasteiger partial charge in [0, 0.05) is 13.0 Å².